The molecule has 0 N–H and O–H groups in total. The van der Waals surface area contributed by atoms with Crippen LogP contribution in [0.2, 0.25) is 0 Å². The van der Waals surface area contributed by atoms with Gasteiger partial charge in [0.15, 0.2) is 0 Å². The molecule has 0 unspecified atom stereocenters. The Morgan fingerprint density at radius 3 is 2.08 bits per heavy atom. The van der Waals surface area contributed by atoms with Gasteiger partial charge in [0.05, 0.1) is 5.69 Å². The number of benzene rings is 1. The number of rotatable bonds is 2. The van der Waals surface area contributed by atoms with Gasteiger partial charge in [-0.3, -0.25) is 0 Å². The van der Waals surface area contributed by atoms with E-state index in [2.05, 4.69) is 0 Å². The van der Waals surface area contributed by atoms with Gasteiger partial charge in [0.2, 0.25) is 0 Å². The molecule has 1 radical (unpaired) electrons. The Hall–Kier alpha value is -1.07. The summed E-state index contributed by atoms with van der Waals surface area (Å²) in [6, 6.07) is 8.17. The van der Waals surface area contributed by atoms with Crippen LogP contribution in [0.5, 0.6) is 0 Å². The van der Waals surface area contributed by atoms with Gasteiger partial charge in [-0.05, 0) is 12.1 Å². The summed E-state index contributed by atoms with van der Waals surface area (Å²) < 4.78 is 32.2. The average molecular weight is 186 g/mol. The lowest BCUT2D eigenvalue weighted by Crippen LogP contribution is -2.24. The molecule has 0 amide bonds. The Morgan fingerprint density at radius 2 is 1.67 bits per heavy atom. The highest BCUT2D eigenvalue weighted by Crippen LogP contribution is 2.13. The van der Waals surface area contributed by atoms with E-state index in [0.29, 0.717) is 9.99 Å². The molecule has 0 aliphatic carbocycles. The molecule has 65 valence electrons. The van der Waals surface area contributed by atoms with Crippen LogP contribution < -0.4 is 4.31 Å². The molecule has 0 aliphatic rings. The van der Waals surface area contributed by atoms with Crippen molar-refractivity contribution in [3.8, 4) is 0 Å². The minimum Gasteiger partial charge on any atom is -0.249 e. The third-order valence-electron chi connectivity index (χ3n) is 1.46. The second-order valence-corrected chi connectivity index (χ2v) is 3.66. The van der Waals surface area contributed by atoms with Crippen LogP contribution in [0.4, 0.5) is 5.69 Å². The maximum absolute atomic E-state index is 10.5. The topological polar surface area (TPSA) is 57.3 Å². The van der Waals surface area contributed by atoms with E-state index in [4.69, 9.17) is 0 Å². The molecule has 1 aromatic rings. The highest BCUT2D eigenvalue weighted by Gasteiger charge is 2.14. The van der Waals surface area contributed by atoms with Crippen molar-refractivity contribution in [2.75, 3.05) is 11.4 Å². The van der Waals surface area contributed by atoms with Gasteiger partial charge in [-0.1, -0.05) is 22.8 Å². The molecule has 5 heteroatoms. The van der Waals surface area contributed by atoms with Gasteiger partial charge in [0.1, 0.15) is 0 Å². The Kier molecular flexibility index (Phi) is 2.35. The zero-order valence-corrected chi connectivity index (χ0v) is 7.28. The Bertz CT molecular complexity index is 346. The van der Waals surface area contributed by atoms with Crippen LogP contribution in [0.15, 0.2) is 30.3 Å². The summed E-state index contributed by atoms with van der Waals surface area (Å²) in [7, 11) is -3.15. The van der Waals surface area contributed by atoms with Crippen molar-refractivity contribution < 1.29 is 13.0 Å². The van der Waals surface area contributed by atoms with Crippen molar-refractivity contribution in [2.45, 2.75) is 0 Å². The number of hydrogen-bond acceptors (Lipinski definition) is 2. The van der Waals surface area contributed by atoms with Crippen LogP contribution in [0.1, 0.15) is 0 Å². The van der Waals surface area contributed by atoms with Gasteiger partial charge in [-0.2, -0.15) is 8.42 Å². The van der Waals surface area contributed by atoms with Crippen molar-refractivity contribution >= 4 is 16.0 Å². The number of anilines is 1. The standard InChI is InChI=1S/C7H8NO3S/c1-8(12(9,10)11)7-5-3-2-4-6-7/h2-6H,1H3. The van der Waals surface area contributed by atoms with E-state index in [1.165, 1.54) is 7.05 Å². The molecule has 0 saturated carbocycles. The number of para-hydroxylation sites is 1. The van der Waals surface area contributed by atoms with E-state index >= 15 is 0 Å². The minimum atomic E-state index is -4.37. The van der Waals surface area contributed by atoms with E-state index in [0.717, 1.165) is 0 Å². The van der Waals surface area contributed by atoms with Crippen LogP contribution in [-0.4, -0.2) is 15.5 Å². The van der Waals surface area contributed by atoms with E-state index in [1.54, 1.807) is 30.3 Å². The molecule has 0 heterocycles. The molecule has 0 bridgehead atoms. The molecule has 0 atom stereocenters. The largest absolute Gasteiger partial charge is 0.389 e. The Balaban J connectivity index is 3.02. The monoisotopic (exact) mass is 186 g/mol. The molecule has 1 rings (SSSR count). The molecule has 0 aromatic heterocycles. The van der Waals surface area contributed by atoms with Gasteiger partial charge < -0.3 is 0 Å². The molecule has 0 fully saturated rings. The van der Waals surface area contributed by atoms with Crippen molar-refractivity contribution in [3.63, 3.8) is 0 Å². The highest BCUT2D eigenvalue weighted by atomic mass is 32.2. The fourth-order valence-corrected chi connectivity index (χ4v) is 1.15. The first-order chi connectivity index (χ1) is 5.52. The van der Waals surface area contributed by atoms with Crippen LogP contribution in [0.25, 0.3) is 0 Å². The minimum absolute atomic E-state index is 0.368. The van der Waals surface area contributed by atoms with Gasteiger partial charge in [-0.15, -0.1) is 0 Å². The van der Waals surface area contributed by atoms with Crippen molar-refractivity contribution in [3.05, 3.63) is 30.3 Å². The summed E-state index contributed by atoms with van der Waals surface area (Å²) in [5.41, 5.74) is 0.368. The third-order valence-corrected chi connectivity index (χ3v) is 2.34. The van der Waals surface area contributed by atoms with Crippen molar-refractivity contribution in [1.29, 1.82) is 0 Å². The lowest BCUT2D eigenvalue weighted by molar-refractivity contribution is 0.413. The lowest BCUT2D eigenvalue weighted by Gasteiger charge is -2.12. The number of hydrogen-bond donors (Lipinski definition) is 0. The van der Waals surface area contributed by atoms with E-state index in [9.17, 15) is 13.0 Å². The summed E-state index contributed by atoms with van der Waals surface area (Å²) in [6.45, 7) is 0. The first-order valence-electron chi connectivity index (χ1n) is 3.26. The SMILES string of the molecule is CN(c1ccccc1)S([O])(=O)=O. The first kappa shape index (κ1) is 9.02. The van der Waals surface area contributed by atoms with E-state index < -0.39 is 10.3 Å². The van der Waals surface area contributed by atoms with Crippen LogP contribution in [0, 0.1) is 0 Å². The second kappa shape index (κ2) is 3.12. The van der Waals surface area contributed by atoms with Gasteiger partial charge in [-0.25, -0.2) is 4.31 Å². The molecule has 1 aromatic carbocycles. The molecular formula is C7H8NO3S. The van der Waals surface area contributed by atoms with Gasteiger partial charge in [0, 0.05) is 7.05 Å². The van der Waals surface area contributed by atoms with Crippen LogP contribution in [-0.2, 0) is 14.9 Å². The van der Waals surface area contributed by atoms with E-state index in [1.807, 2.05) is 0 Å². The molecule has 0 aliphatic heterocycles. The molecule has 0 spiro atoms. The molecule has 0 saturated heterocycles. The fraction of sp³-hybridized carbons (Fsp3) is 0.143. The maximum Gasteiger partial charge on any atom is 0.389 e. The van der Waals surface area contributed by atoms with Gasteiger partial charge >= 0.3 is 10.3 Å². The molecular weight excluding hydrogens is 178 g/mol. The predicted octanol–water partition coefficient (Wildman–Crippen LogP) is 0.798. The smallest absolute Gasteiger partial charge is 0.249 e. The lowest BCUT2D eigenvalue weighted by atomic mass is 10.3. The predicted molar refractivity (Wildman–Crippen MR) is 44.5 cm³/mol. The molecule has 4 nitrogen and oxygen atoms in total. The summed E-state index contributed by atoms with van der Waals surface area (Å²) in [6.07, 6.45) is 0. The van der Waals surface area contributed by atoms with Crippen LogP contribution in [0.3, 0.4) is 0 Å². The highest BCUT2D eigenvalue weighted by molar-refractivity contribution is 7.87. The maximum atomic E-state index is 10.5. The zero-order valence-electron chi connectivity index (χ0n) is 6.47. The average Bonchev–Trinajstić information content (AvgIpc) is 2.03. The van der Waals surface area contributed by atoms with Gasteiger partial charge in [0.25, 0.3) is 0 Å². The molecule has 12 heavy (non-hydrogen) atoms. The normalized spacial score (nSPS) is 11.2. The summed E-state index contributed by atoms with van der Waals surface area (Å²) in [4.78, 5) is 0. The second-order valence-electron chi connectivity index (χ2n) is 2.26. The Labute approximate surface area is 71.3 Å². The summed E-state index contributed by atoms with van der Waals surface area (Å²) in [5.74, 6) is 0. The van der Waals surface area contributed by atoms with Crippen LogP contribution >= 0.6 is 0 Å². The Morgan fingerprint density at radius 1 is 1.17 bits per heavy atom. The van der Waals surface area contributed by atoms with Crippen molar-refractivity contribution in [1.82, 2.24) is 0 Å². The summed E-state index contributed by atoms with van der Waals surface area (Å²) in [5, 5.41) is 0. The van der Waals surface area contributed by atoms with E-state index in [-0.39, 0.29) is 0 Å². The van der Waals surface area contributed by atoms with Crippen molar-refractivity contribution in [2.24, 2.45) is 0 Å². The first-order valence-corrected chi connectivity index (χ1v) is 4.63. The fourth-order valence-electron chi connectivity index (χ4n) is 0.767. The zero-order chi connectivity index (χ0) is 9.19. The number of nitrogens with zero attached hydrogens (tertiary/aromatic N) is 1. The third kappa shape index (κ3) is 1.96. The quantitative estimate of drug-likeness (QED) is 0.685. The summed E-state index contributed by atoms with van der Waals surface area (Å²) >= 11 is 0.